The maximum absolute atomic E-state index is 13.8. The van der Waals surface area contributed by atoms with Crippen LogP contribution in [0.1, 0.15) is 22.9 Å². The predicted octanol–water partition coefficient (Wildman–Crippen LogP) is 4.45. The minimum absolute atomic E-state index is 0.239. The number of nitrogens with zero attached hydrogens (tertiary/aromatic N) is 1. The van der Waals surface area contributed by atoms with Crippen molar-refractivity contribution in [3.05, 3.63) is 138 Å². The molecule has 1 aliphatic heterocycles. The van der Waals surface area contributed by atoms with Gasteiger partial charge in [0, 0.05) is 6.54 Å². The highest BCUT2D eigenvalue weighted by atomic mass is 16.6. The van der Waals surface area contributed by atoms with E-state index in [4.69, 9.17) is 4.74 Å². The largest absolute Gasteiger partial charge is 0.412 e. The molecular weight excluding hydrogens is 490 g/mol. The monoisotopic (exact) mass is 521 g/mol. The normalized spacial score (nSPS) is 18.4. The van der Waals surface area contributed by atoms with Crippen LogP contribution in [0.25, 0.3) is 0 Å². The first-order valence-corrected chi connectivity index (χ1v) is 13.0. The van der Waals surface area contributed by atoms with E-state index in [9.17, 15) is 14.7 Å². The van der Waals surface area contributed by atoms with Gasteiger partial charge in [-0.1, -0.05) is 109 Å². The average Bonchev–Trinajstić information content (AvgIpc) is 3.30. The van der Waals surface area contributed by atoms with Crippen molar-refractivity contribution in [2.24, 2.45) is 0 Å². The Kier molecular flexibility index (Phi) is 8.31. The summed E-state index contributed by atoms with van der Waals surface area (Å²) < 4.78 is 5.44. The van der Waals surface area contributed by atoms with Crippen LogP contribution in [0.15, 0.2) is 121 Å². The van der Waals surface area contributed by atoms with E-state index in [1.807, 2.05) is 97.1 Å². The van der Waals surface area contributed by atoms with E-state index in [1.54, 1.807) is 29.2 Å². The number of amides is 2. The number of nitrogens with one attached hydrogen (secondary N) is 2. The molecule has 3 N–H and O–H groups in total. The summed E-state index contributed by atoms with van der Waals surface area (Å²) in [4.78, 5) is 28.4. The molecule has 0 spiro atoms. The van der Waals surface area contributed by atoms with Crippen molar-refractivity contribution in [3.8, 4) is 5.75 Å². The molecule has 0 radical (unpaired) electrons. The van der Waals surface area contributed by atoms with Gasteiger partial charge in [-0.3, -0.25) is 10.1 Å². The second-order valence-corrected chi connectivity index (χ2v) is 9.54. The van der Waals surface area contributed by atoms with Gasteiger partial charge in [0.05, 0.1) is 12.1 Å². The van der Waals surface area contributed by atoms with E-state index in [2.05, 4.69) is 10.6 Å². The summed E-state index contributed by atoms with van der Waals surface area (Å²) in [7, 11) is 0. The molecule has 1 unspecified atom stereocenters. The van der Waals surface area contributed by atoms with Gasteiger partial charge in [0.2, 0.25) is 5.91 Å². The number of aliphatic hydroxyl groups is 1. The quantitative estimate of drug-likeness (QED) is 0.303. The third-order valence-corrected chi connectivity index (χ3v) is 6.82. The summed E-state index contributed by atoms with van der Waals surface area (Å²) in [6, 6.07) is 35.9. The lowest BCUT2D eigenvalue weighted by Gasteiger charge is -2.27. The first-order valence-electron chi connectivity index (χ1n) is 13.0. The van der Waals surface area contributed by atoms with Gasteiger partial charge >= 0.3 is 6.09 Å². The number of aliphatic hydroxyl groups excluding tert-OH is 1. The van der Waals surface area contributed by atoms with Crippen molar-refractivity contribution in [1.82, 2.24) is 15.5 Å². The van der Waals surface area contributed by atoms with Gasteiger partial charge in [0.25, 0.3) is 0 Å². The molecule has 4 atom stereocenters. The molecule has 7 heteroatoms. The number of carbonyl (C=O) groups excluding carboxylic acids is 2. The van der Waals surface area contributed by atoms with Gasteiger partial charge in [-0.25, -0.2) is 4.79 Å². The Morgan fingerprint density at radius 1 is 0.821 bits per heavy atom. The molecule has 2 amide bonds. The summed E-state index contributed by atoms with van der Waals surface area (Å²) in [6.07, 6.45) is -2.06. The first-order chi connectivity index (χ1) is 19.1. The van der Waals surface area contributed by atoms with Gasteiger partial charge in [-0.15, -0.1) is 0 Å². The van der Waals surface area contributed by atoms with Gasteiger partial charge in [-0.2, -0.15) is 0 Å². The Hall–Kier alpha value is -4.46. The summed E-state index contributed by atoms with van der Waals surface area (Å²) in [5.41, 5.74) is 2.80. The summed E-state index contributed by atoms with van der Waals surface area (Å²) >= 11 is 0. The Morgan fingerprint density at radius 2 is 1.36 bits per heavy atom. The summed E-state index contributed by atoms with van der Waals surface area (Å²) in [6.45, 7) is 0.377. The SMILES string of the molecule is O=C(N[C@@H](Cc1ccccc1)[C@@H](O)[C@@H]1NC(c2ccccc2)N(Cc2ccccc2)C1=O)Oc1ccccc1. The predicted molar refractivity (Wildman–Crippen MR) is 149 cm³/mol. The molecule has 0 saturated carbocycles. The molecule has 198 valence electrons. The minimum Gasteiger partial charge on any atom is -0.410 e. The number of rotatable bonds is 9. The topological polar surface area (TPSA) is 90.9 Å². The number of carbonyl (C=O) groups is 2. The molecule has 1 saturated heterocycles. The van der Waals surface area contributed by atoms with Crippen LogP contribution in [0.3, 0.4) is 0 Å². The smallest absolute Gasteiger partial charge is 0.410 e. The second-order valence-electron chi connectivity index (χ2n) is 9.54. The molecule has 7 nitrogen and oxygen atoms in total. The zero-order chi connectivity index (χ0) is 27.0. The molecule has 0 aliphatic carbocycles. The van der Waals surface area contributed by atoms with Crippen LogP contribution in [0.2, 0.25) is 0 Å². The van der Waals surface area contributed by atoms with Crippen LogP contribution in [-0.2, 0) is 17.8 Å². The zero-order valence-electron chi connectivity index (χ0n) is 21.4. The van der Waals surface area contributed by atoms with Crippen LogP contribution in [0, 0.1) is 0 Å². The standard InChI is InChI=1S/C32H31N3O4/c36-29(27(21-23-13-5-1-6-14-23)33-32(38)39-26-19-11-4-12-20-26)28-31(37)35(22-24-15-7-2-8-16-24)30(34-28)25-17-9-3-10-18-25/h1-20,27-30,34,36H,21-22H2,(H,33,38)/t27-,28-,29+,30?/m0/s1. The van der Waals surface area contributed by atoms with E-state index in [1.165, 1.54) is 0 Å². The highest BCUT2D eigenvalue weighted by Gasteiger charge is 2.45. The molecule has 5 rings (SSSR count). The third-order valence-electron chi connectivity index (χ3n) is 6.82. The van der Waals surface area contributed by atoms with E-state index < -0.39 is 30.4 Å². The lowest BCUT2D eigenvalue weighted by Crippen LogP contribution is -2.55. The second kappa shape index (κ2) is 12.4. The maximum atomic E-state index is 13.8. The summed E-state index contributed by atoms with van der Waals surface area (Å²) in [5, 5.41) is 17.8. The zero-order valence-corrected chi connectivity index (χ0v) is 21.4. The van der Waals surface area contributed by atoms with Crippen LogP contribution >= 0.6 is 0 Å². The minimum atomic E-state index is -1.23. The molecule has 1 fully saturated rings. The van der Waals surface area contributed by atoms with Crippen LogP contribution in [0.4, 0.5) is 4.79 Å². The molecule has 39 heavy (non-hydrogen) atoms. The summed E-state index contributed by atoms with van der Waals surface area (Å²) in [5.74, 6) is 0.146. The molecule has 0 bridgehead atoms. The highest BCUT2D eigenvalue weighted by Crippen LogP contribution is 2.29. The van der Waals surface area contributed by atoms with Crippen molar-refractivity contribution in [2.75, 3.05) is 0 Å². The third kappa shape index (κ3) is 6.52. The molecular formula is C32H31N3O4. The molecule has 4 aromatic rings. The van der Waals surface area contributed by atoms with E-state index in [0.29, 0.717) is 18.7 Å². The Labute approximate surface area is 228 Å². The Balaban J connectivity index is 1.40. The van der Waals surface area contributed by atoms with Crippen molar-refractivity contribution < 1.29 is 19.4 Å². The van der Waals surface area contributed by atoms with Crippen molar-refractivity contribution >= 4 is 12.0 Å². The maximum Gasteiger partial charge on any atom is 0.412 e. The number of benzene rings is 4. The fraction of sp³-hybridized carbons (Fsp3) is 0.188. The lowest BCUT2D eigenvalue weighted by molar-refractivity contribution is -0.133. The first kappa shape index (κ1) is 26.2. The van der Waals surface area contributed by atoms with E-state index >= 15 is 0 Å². The van der Waals surface area contributed by atoms with E-state index in [0.717, 1.165) is 16.7 Å². The van der Waals surface area contributed by atoms with Crippen LogP contribution in [0.5, 0.6) is 5.75 Å². The number of ether oxygens (including phenoxy) is 1. The Morgan fingerprint density at radius 3 is 1.97 bits per heavy atom. The van der Waals surface area contributed by atoms with Gasteiger partial charge in [0.1, 0.15) is 18.0 Å². The number of hydrogen-bond donors (Lipinski definition) is 3. The number of para-hydroxylation sites is 1. The van der Waals surface area contributed by atoms with Gasteiger partial charge in [-0.05, 0) is 35.2 Å². The van der Waals surface area contributed by atoms with Gasteiger partial charge < -0.3 is 20.1 Å². The highest BCUT2D eigenvalue weighted by molar-refractivity contribution is 5.85. The van der Waals surface area contributed by atoms with Crippen LogP contribution < -0.4 is 15.4 Å². The Bertz CT molecular complexity index is 1350. The van der Waals surface area contributed by atoms with Crippen molar-refractivity contribution in [2.45, 2.75) is 37.3 Å². The van der Waals surface area contributed by atoms with Gasteiger partial charge in [0.15, 0.2) is 0 Å². The number of hydrogen-bond acceptors (Lipinski definition) is 5. The average molecular weight is 522 g/mol. The lowest BCUT2D eigenvalue weighted by atomic mass is 9.96. The fourth-order valence-corrected chi connectivity index (χ4v) is 4.88. The molecule has 1 aliphatic rings. The van der Waals surface area contributed by atoms with Crippen molar-refractivity contribution in [1.29, 1.82) is 0 Å². The molecule has 0 aromatic heterocycles. The van der Waals surface area contributed by atoms with Crippen molar-refractivity contribution in [3.63, 3.8) is 0 Å². The fourth-order valence-electron chi connectivity index (χ4n) is 4.88. The van der Waals surface area contributed by atoms with E-state index in [-0.39, 0.29) is 5.91 Å². The van der Waals surface area contributed by atoms with Crippen LogP contribution in [-0.4, -0.2) is 40.2 Å². The molecule has 4 aromatic carbocycles. The molecule has 1 heterocycles.